The molecule has 0 fully saturated rings. The van der Waals surface area contributed by atoms with Gasteiger partial charge in [0, 0.05) is 19.6 Å². The van der Waals surface area contributed by atoms with Crippen LogP contribution >= 0.6 is 28.3 Å². The molecule has 25 heavy (non-hydrogen) atoms. The number of halogens is 2. The molecule has 0 bridgehead atoms. The summed E-state index contributed by atoms with van der Waals surface area (Å²) in [5.41, 5.74) is 4.97. The van der Waals surface area contributed by atoms with E-state index in [4.69, 9.17) is 4.74 Å². The molecule has 0 unspecified atom stereocenters. The number of benzene rings is 2. The lowest BCUT2D eigenvalue weighted by Gasteiger charge is -2.10. The van der Waals surface area contributed by atoms with Crippen LogP contribution in [0.4, 0.5) is 0 Å². The van der Waals surface area contributed by atoms with E-state index in [0.717, 1.165) is 34.4 Å². The van der Waals surface area contributed by atoms with Crippen molar-refractivity contribution in [1.29, 1.82) is 0 Å². The Kier molecular flexibility index (Phi) is 7.29. The van der Waals surface area contributed by atoms with E-state index in [2.05, 4.69) is 44.8 Å². The number of hydrogen-bond acceptors (Lipinski definition) is 3. The normalized spacial score (nSPS) is 12.2. The first-order valence-corrected chi connectivity index (χ1v) is 8.88. The molecule has 0 aliphatic carbocycles. The zero-order chi connectivity index (χ0) is 16.9. The summed E-state index contributed by atoms with van der Waals surface area (Å²) >= 11 is 3.47. The number of ether oxygens (including phenoxy) is 1. The maximum Gasteiger partial charge on any atom is 0.223 e. The molecule has 4 nitrogen and oxygen atoms in total. The molecule has 0 atom stereocenters. The van der Waals surface area contributed by atoms with Gasteiger partial charge in [0.15, 0.2) is 0 Å². The van der Waals surface area contributed by atoms with Crippen LogP contribution < -0.4 is 15.4 Å². The monoisotopic (exact) mass is 424 g/mol. The summed E-state index contributed by atoms with van der Waals surface area (Å²) in [6.07, 6.45) is 0.340. The average molecular weight is 426 g/mol. The number of nitrogens with one attached hydrogen (secondary N) is 2. The first kappa shape index (κ1) is 19.8. The van der Waals surface area contributed by atoms with E-state index in [1.54, 1.807) is 0 Å². The highest BCUT2D eigenvalue weighted by atomic mass is 79.9. The van der Waals surface area contributed by atoms with E-state index in [-0.39, 0.29) is 18.3 Å². The Morgan fingerprint density at radius 3 is 2.80 bits per heavy atom. The zero-order valence-corrected chi connectivity index (χ0v) is 16.5. The number of amides is 1. The second-order valence-electron chi connectivity index (χ2n) is 6.02. The fourth-order valence-electron chi connectivity index (χ4n) is 2.72. The number of fused-ring (bicyclic) bond motifs is 1. The first-order valence-electron chi connectivity index (χ1n) is 8.09. The quantitative estimate of drug-likeness (QED) is 0.739. The Hall–Kier alpha value is -1.56. The fraction of sp³-hybridized carbons (Fsp3) is 0.316. The van der Waals surface area contributed by atoms with Gasteiger partial charge in [0.1, 0.15) is 5.75 Å². The van der Waals surface area contributed by atoms with Crippen molar-refractivity contribution in [3.63, 3.8) is 0 Å². The van der Waals surface area contributed by atoms with Crippen LogP contribution in [0.25, 0.3) is 0 Å². The molecular weight excluding hydrogens is 404 g/mol. The van der Waals surface area contributed by atoms with Gasteiger partial charge in [-0.05, 0) is 57.2 Å². The highest BCUT2D eigenvalue weighted by molar-refractivity contribution is 9.10. The molecule has 1 aliphatic rings. The van der Waals surface area contributed by atoms with Crippen LogP contribution in [-0.2, 0) is 24.4 Å². The molecule has 0 aromatic heterocycles. The van der Waals surface area contributed by atoms with Crippen LogP contribution in [0.3, 0.4) is 0 Å². The topological polar surface area (TPSA) is 50.4 Å². The highest BCUT2D eigenvalue weighted by Crippen LogP contribution is 2.25. The maximum atomic E-state index is 12.0. The maximum absolute atomic E-state index is 12.0. The van der Waals surface area contributed by atoms with Gasteiger partial charge in [0.2, 0.25) is 5.91 Å². The molecule has 3 rings (SSSR count). The number of aryl methyl sites for hydroxylation is 1. The molecule has 0 radical (unpaired) electrons. The average Bonchev–Trinajstić information content (AvgIpc) is 3.02. The molecule has 134 valence electrons. The number of rotatable bonds is 6. The standard InChI is InChI=1S/C19H21BrN2O2.ClH/c1-13-2-5-18(17(20)8-13)24-7-6-19(23)22-10-14-3-4-15-11-21-12-16(15)9-14;/h2-5,8-9,21H,6-7,10-12H2,1H3,(H,22,23);1H. The Morgan fingerprint density at radius 1 is 1.20 bits per heavy atom. The molecule has 0 saturated heterocycles. The van der Waals surface area contributed by atoms with Crippen molar-refractivity contribution in [3.05, 3.63) is 63.1 Å². The fourth-order valence-corrected chi connectivity index (χ4v) is 3.33. The smallest absolute Gasteiger partial charge is 0.223 e. The minimum atomic E-state index is -0.00291. The van der Waals surface area contributed by atoms with Crippen molar-refractivity contribution in [2.45, 2.75) is 33.0 Å². The Bertz CT molecular complexity index is 752. The van der Waals surface area contributed by atoms with Crippen LogP contribution in [0.15, 0.2) is 40.9 Å². The minimum absolute atomic E-state index is 0. The Labute approximate surface area is 162 Å². The summed E-state index contributed by atoms with van der Waals surface area (Å²) in [6.45, 7) is 4.79. The predicted octanol–water partition coefficient (Wildman–Crippen LogP) is 3.87. The molecule has 1 amide bonds. The SMILES string of the molecule is Cc1ccc(OCCC(=O)NCc2ccc3c(c2)CNC3)c(Br)c1.Cl. The Balaban J connectivity index is 0.00000225. The highest BCUT2D eigenvalue weighted by Gasteiger charge is 2.10. The van der Waals surface area contributed by atoms with E-state index >= 15 is 0 Å². The van der Waals surface area contributed by atoms with Crippen LogP contribution in [-0.4, -0.2) is 12.5 Å². The summed E-state index contributed by atoms with van der Waals surface area (Å²) in [5, 5.41) is 6.27. The third-order valence-electron chi connectivity index (χ3n) is 4.07. The van der Waals surface area contributed by atoms with Gasteiger partial charge in [0.05, 0.1) is 17.5 Å². The largest absolute Gasteiger partial charge is 0.492 e. The van der Waals surface area contributed by atoms with Crippen LogP contribution in [0, 0.1) is 6.92 Å². The predicted molar refractivity (Wildman–Crippen MR) is 105 cm³/mol. The van der Waals surface area contributed by atoms with Crippen molar-refractivity contribution < 1.29 is 9.53 Å². The van der Waals surface area contributed by atoms with Crippen LogP contribution in [0.1, 0.15) is 28.7 Å². The van der Waals surface area contributed by atoms with E-state index in [9.17, 15) is 4.79 Å². The molecular formula is C19H22BrClN2O2. The van der Waals surface area contributed by atoms with E-state index < -0.39 is 0 Å². The van der Waals surface area contributed by atoms with Gasteiger partial charge in [-0.15, -0.1) is 12.4 Å². The third-order valence-corrected chi connectivity index (χ3v) is 4.69. The lowest BCUT2D eigenvalue weighted by molar-refractivity contribution is -0.121. The molecule has 1 aliphatic heterocycles. The second kappa shape index (κ2) is 9.22. The van der Waals surface area contributed by atoms with Gasteiger partial charge >= 0.3 is 0 Å². The van der Waals surface area contributed by atoms with Gasteiger partial charge in [-0.25, -0.2) is 0 Å². The molecule has 6 heteroatoms. The molecule has 0 spiro atoms. The van der Waals surface area contributed by atoms with E-state index in [1.807, 2.05) is 25.1 Å². The summed E-state index contributed by atoms with van der Waals surface area (Å²) in [6, 6.07) is 12.3. The van der Waals surface area contributed by atoms with Gasteiger partial charge in [-0.2, -0.15) is 0 Å². The number of carbonyl (C=O) groups is 1. The molecule has 0 saturated carbocycles. The van der Waals surface area contributed by atoms with Gasteiger partial charge < -0.3 is 15.4 Å². The van der Waals surface area contributed by atoms with Crippen molar-refractivity contribution in [2.75, 3.05) is 6.61 Å². The van der Waals surface area contributed by atoms with Crippen molar-refractivity contribution in [3.8, 4) is 5.75 Å². The molecule has 2 aromatic rings. The van der Waals surface area contributed by atoms with Crippen molar-refractivity contribution in [1.82, 2.24) is 10.6 Å². The summed E-state index contributed by atoms with van der Waals surface area (Å²) in [7, 11) is 0. The van der Waals surface area contributed by atoms with Gasteiger partial charge in [-0.3, -0.25) is 4.79 Å². The lowest BCUT2D eigenvalue weighted by Crippen LogP contribution is -2.24. The number of hydrogen-bond donors (Lipinski definition) is 2. The van der Waals surface area contributed by atoms with Crippen LogP contribution in [0.2, 0.25) is 0 Å². The Morgan fingerprint density at radius 2 is 2.00 bits per heavy atom. The van der Waals surface area contributed by atoms with E-state index in [1.165, 1.54) is 11.1 Å². The minimum Gasteiger partial charge on any atom is -0.492 e. The van der Waals surface area contributed by atoms with Crippen molar-refractivity contribution >= 4 is 34.2 Å². The lowest BCUT2D eigenvalue weighted by atomic mass is 10.1. The zero-order valence-electron chi connectivity index (χ0n) is 14.1. The van der Waals surface area contributed by atoms with Crippen LogP contribution in [0.5, 0.6) is 5.75 Å². The van der Waals surface area contributed by atoms with E-state index in [0.29, 0.717) is 19.6 Å². The summed E-state index contributed by atoms with van der Waals surface area (Å²) < 4.78 is 6.57. The summed E-state index contributed by atoms with van der Waals surface area (Å²) in [4.78, 5) is 12.0. The molecule has 1 heterocycles. The van der Waals surface area contributed by atoms with Crippen molar-refractivity contribution in [2.24, 2.45) is 0 Å². The third kappa shape index (κ3) is 5.46. The molecule has 2 N–H and O–H groups in total. The first-order chi connectivity index (χ1) is 11.6. The number of carbonyl (C=O) groups excluding carboxylic acids is 1. The second-order valence-corrected chi connectivity index (χ2v) is 6.87. The van der Waals surface area contributed by atoms with Gasteiger partial charge in [0.25, 0.3) is 0 Å². The van der Waals surface area contributed by atoms with Gasteiger partial charge in [-0.1, -0.05) is 24.3 Å². The molecule has 2 aromatic carbocycles. The summed E-state index contributed by atoms with van der Waals surface area (Å²) in [5.74, 6) is 0.761.